The van der Waals surface area contributed by atoms with Crippen molar-refractivity contribution in [3.63, 3.8) is 0 Å². The molecule has 5 heteroatoms. The SMILES string of the molecule is CCCNCCNC(=O)C=Cc1ccc2c(c1)OCO2. The maximum absolute atomic E-state index is 11.6. The van der Waals surface area contributed by atoms with Gasteiger partial charge < -0.3 is 20.1 Å². The fraction of sp³-hybridized carbons (Fsp3) is 0.400. The van der Waals surface area contributed by atoms with E-state index in [9.17, 15) is 4.79 Å². The van der Waals surface area contributed by atoms with E-state index in [1.54, 1.807) is 6.08 Å². The first kappa shape index (κ1) is 14.4. The van der Waals surface area contributed by atoms with Crippen LogP contribution in [0.25, 0.3) is 6.08 Å². The van der Waals surface area contributed by atoms with Crippen molar-refractivity contribution in [1.29, 1.82) is 0 Å². The highest BCUT2D eigenvalue weighted by Crippen LogP contribution is 2.32. The van der Waals surface area contributed by atoms with Gasteiger partial charge >= 0.3 is 0 Å². The average Bonchev–Trinajstić information content (AvgIpc) is 2.92. The molecule has 2 N–H and O–H groups in total. The van der Waals surface area contributed by atoms with Crippen LogP contribution < -0.4 is 20.1 Å². The summed E-state index contributed by atoms with van der Waals surface area (Å²) in [6.07, 6.45) is 4.38. The van der Waals surface area contributed by atoms with Gasteiger partial charge in [0.15, 0.2) is 11.5 Å². The first-order valence-corrected chi connectivity index (χ1v) is 6.86. The minimum atomic E-state index is -0.0963. The summed E-state index contributed by atoms with van der Waals surface area (Å²) in [6, 6.07) is 5.59. The highest BCUT2D eigenvalue weighted by atomic mass is 16.7. The van der Waals surface area contributed by atoms with Crippen molar-refractivity contribution < 1.29 is 14.3 Å². The molecule has 0 saturated heterocycles. The van der Waals surface area contributed by atoms with Crippen molar-refractivity contribution in [2.75, 3.05) is 26.4 Å². The summed E-state index contributed by atoms with van der Waals surface area (Å²) in [5.41, 5.74) is 0.911. The van der Waals surface area contributed by atoms with Gasteiger partial charge in [0.05, 0.1) is 0 Å². The van der Waals surface area contributed by atoms with E-state index < -0.39 is 0 Å². The molecule has 2 rings (SSSR count). The van der Waals surface area contributed by atoms with Crippen LogP contribution in [0.15, 0.2) is 24.3 Å². The van der Waals surface area contributed by atoms with Gasteiger partial charge in [0.25, 0.3) is 0 Å². The van der Waals surface area contributed by atoms with Crippen LogP contribution in [0.5, 0.6) is 11.5 Å². The van der Waals surface area contributed by atoms with Crippen molar-refractivity contribution in [2.24, 2.45) is 0 Å². The van der Waals surface area contributed by atoms with Gasteiger partial charge in [-0.3, -0.25) is 4.79 Å². The van der Waals surface area contributed by atoms with Crippen molar-refractivity contribution in [3.8, 4) is 11.5 Å². The molecule has 0 spiro atoms. The third-order valence-electron chi connectivity index (χ3n) is 2.85. The molecule has 0 aliphatic carbocycles. The summed E-state index contributed by atoms with van der Waals surface area (Å²) in [4.78, 5) is 11.6. The van der Waals surface area contributed by atoms with Crippen molar-refractivity contribution in [1.82, 2.24) is 10.6 Å². The van der Waals surface area contributed by atoms with Crippen molar-refractivity contribution in [2.45, 2.75) is 13.3 Å². The summed E-state index contributed by atoms with van der Waals surface area (Å²) >= 11 is 0. The second kappa shape index (κ2) is 7.55. The number of carbonyl (C=O) groups excluding carboxylic acids is 1. The van der Waals surface area contributed by atoms with Crippen LogP contribution in [0.4, 0.5) is 0 Å². The Kier molecular flexibility index (Phi) is 5.43. The maximum atomic E-state index is 11.6. The van der Waals surface area contributed by atoms with Crippen LogP contribution in [-0.2, 0) is 4.79 Å². The minimum absolute atomic E-state index is 0.0963. The van der Waals surface area contributed by atoms with Gasteiger partial charge in [-0.15, -0.1) is 0 Å². The monoisotopic (exact) mass is 276 g/mol. The second-order valence-electron chi connectivity index (χ2n) is 4.49. The lowest BCUT2D eigenvalue weighted by Crippen LogP contribution is -2.30. The van der Waals surface area contributed by atoms with Gasteiger partial charge in [0, 0.05) is 19.2 Å². The summed E-state index contributed by atoms with van der Waals surface area (Å²) < 4.78 is 10.5. The third-order valence-corrected chi connectivity index (χ3v) is 2.85. The van der Waals surface area contributed by atoms with E-state index in [0.717, 1.165) is 36.6 Å². The second-order valence-corrected chi connectivity index (χ2v) is 4.49. The predicted molar refractivity (Wildman–Crippen MR) is 77.8 cm³/mol. The number of rotatable bonds is 7. The summed E-state index contributed by atoms with van der Waals surface area (Å²) in [5, 5.41) is 6.04. The topological polar surface area (TPSA) is 59.6 Å². The van der Waals surface area contributed by atoms with E-state index in [1.807, 2.05) is 18.2 Å². The minimum Gasteiger partial charge on any atom is -0.454 e. The van der Waals surface area contributed by atoms with Crippen molar-refractivity contribution in [3.05, 3.63) is 29.8 Å². The fourth-order valence-electron chi connectivity index (χ4n) is 1.82. The highest BCUT2D eigenvalue weighted by Gasteiger charge is 2.12. The molecule has 20 heavy (non-hydrogen) atoms. The Bertz CT molecular complexity index is 486. The smallest absolute Gasteiger partial charge is 0.244 e. The molecule has 1 aromatic rings. The molecule has 0 fully saturated rings. The fourth-order valence-corrected chi connectivity index (χ4v) is 1.82. The lowest BCUT2D eigenvalue weighted by molar-refractivity contribution is -0.116. The van der Waals surface area contributed by atoms with Crippen LogP contribution in [0.2, 0.25) is 0 Å². The standard InChI is InChI=1S/C15H20N2O3/c1-2-7-16-8-9-17-15(18)6-4-12-3-5-13-14(10-12)20-11-19-13/h3-6,10,16H,2,7-9,11H2,1H3,(H,17,18). The number of amides is 1. The number of ether oxygens (including phenoxy) is 2. The Labute approximate surface area is 119 Å². The molecule has 5 nitrogen and oxygen atoms in total. The van der Waals surface area contributed by atoms with Gasteiger partial charge in [-0.1, -0.05) is 13.0 Å². The van der Waals surface area contributed by atoms with Gasteiger partial charge in [0.2, 0.25) is 12.7 Å². The molecule has 0 radical (unpaired) electrons. The number of hydrogen-bond acceptors (Lipinski definition) is 4. The molecule has 0 unspecified atom stereocenters. The number of nitrogens with one attached hydrogen (secondary N) is 2. The van der Waals surface area contributed by atoms with Crippen LogP contribution in [0.1, 0.15) is 18.9 Å². The Morgan fingerprint density at radius 2 is 2.10 bits per heavy atom. The van der Waals surface area contributed by atoms with Gasteiger partial charge in [-0.2, -0.15) is 0 Å². The van der Waals surface area contributed by atoms with Crippen molar-refractivity contribution >= 4 is 12.0 Å². The van der Waals surface area contributed by atoms with E-state index >= 15 is 0 Å². The number of hydrogen-bond donors (Lipinski definition) is 2. The normalized spacial score (nSPS) is 12.8. The Morgan fingerprint density at radius 1 is 1.25 bits per heavy atom. The predicted octanol–water partition coefficient (Wildman–Crippen LogP) is 1.54. The molecule has 0 saturated carbocycles. The van der Waals surface area contributed by atoms with E-state index in [2.05, 4.69) is 17.6 Å². The molecule has 108 valence electrons. The quantitative estimate of drug-likeness (QED) is 0.586. The van der Waals surface area contributed by atoms with Crippen LogP contribution in [0.3, 0.4) is 0 Å². The molecule has 0 aromatic heterocycles. The lowest BCUT2D eigenvalue weighted by atomic mass is 10.2. The zero-order chi connectivity index (χ0) is 14.2. The lowest BCUT2D eigenvalue weighted by Gasteiger charge is -2.03. The van der Waals surface area contributed by atoms with E-state index in [-0.39, 0.29) is 12.7 Å². The zero-order valence-corrected chi connectivity index (χ0v) is 11.6. The Balaban J connectivity index is 1.76. The summed E-state index contributed by atoms with van der Waals surface area (Å²) in [6.45, 7) is 4.76. The zero-order valence-electron chi connectivity index (χ0n) is 11.6. The molecule has 1 amide bonds. The highest BCUT2D eigenvalue weighted by molar-refractivity contribution is 5.91. The largest absolute Gasteiger partial charge is 0.454 e. The van der Waals surface area contributed by atoms with Gasteiger partial charge in [0.1, 0.15) is 0 Å². The number of carbonyl (C=O) groups is 1. The molecule has 1 aliphatic heterocycles. The van der Waals surface area contributed by atoms with Crippen LogP contribution in [0, 0.1) is 0 Å². The third kappa shape index (κ3) is 4.28. The molecule has 1 heterocycles. The number of benzene rings is 1. The van der Waals surface area contributed by atoms with Crippen LogP contribution >= 0.6 is 0 Å². The van der Waals surface area contributed by atoms with Gasteiger partial charge in [-0.25, -0.2) is 0 Å². The Morgan fingerprint density at radius 3 is 2.95 bits per heavy atom. The molecule has 1 aromatic carbocycles. The molecule has 1 aliphatic rings. The molecular formula is C15H20N2O3. The van der Waals surface area contributed by atoms with Gasteiger partial charge in [-0.05, 0) is 36.7 Å². The summed E-state index contributed by atoms with van der Waals surface area (Å²) in [5.74, 6) is 1.37. The van der Waals surface area contributed by atoms with E-state index in [4.69, 9.17) is 9.47 Å². The van der Waals surface area contributed by atoms with E-state index in [1.165, 1.54) is 6.08 Å². The number of fused-ring (bicyclic) bond motifs is 1. The Hall–Kier alpha value is -2.01. The first-order chi connectivity index (χ1) is 9.79. The molecule has 0 atom stereocenters. The molecular weight excluding hydrogens is 256 g/mol. The molecule has 0 bridgehead atoms. The maximum Gasteiger partial charge on any atom is 0.244 e. The van der Waals surface area contributed by atoms with Crippen LogP contribution in [-0.4, -0.2) is 32.3 Å². The summed E-state index contributed by atoms with van der Waals surface area (Å²) in [7, 11) is 0. The average molecular weight is 276 g/mol. The van der Waals surface area contributed by atoms with E-state index in [0.29, 0.717) is 6.54 Å². The first-order valence-electron chi connectivity index (χ1n) is 6.86.